The molecular formula is C8H12BrNO. The molecule has 2 nitrogen and oxygen atoms in total. The summed E-state index contributed by atoms with van der Waals surface area (Å²) < 4.78 is 0. The third kappa shape index (κ3) is 1.31. The number of hydrogen-bond donors (Lipinski definition) is 1. The maximum Gasteiger partial charge on any atom is 0.220 e. The number of rotatable bonds is 0. The van der Waals surface area contributed by atoms with E-state index in [-0.39, 0.29) is 5.91 Å². The molecule has 2 rings (SSSR count). The predicted octanol–water partition coefficient (Wildman–Crippen LogP) is 1.44. The van der Waals surface area contributed by atoms with Gasteiger partial charge in [-0.15, -0.1) is 0 Å². The van der Waals surface area contributed by atoms with Gasteiger partial charge in [-0.25, -0.2) is 0 Å². The van der Waals surface area contributed by atoms with Crippen LogP contribution in [0.25, 0.3) is 0 Å². The summed E-state index contributed by atoms with van der Waals surface area (Å²) in [5.74, 6) is 0.854. The summed E-state index contributed by atoms with van der Waals surface area (Å²) >= 11 is 3.61. The molecule has 0 unspecified atom stereocenters. The number of carbonyl (C=O) groups is 1. The number of amides is 1. The van der Waals surface area contributed by atoms with Crippen LogP contribution in [0.1, 0.15) is 25.7 Å². The molecule has 1 N–H and O–H groups in total. The van der Waals surface area contributed by atoms with Gasteiger partial charge >= 0.3 is 0 Å². The Balaban J connectivity index is 2.09. The second kappa shape index (κ2) is 2.77. The highest BCUT2D eigenvalue weighted by molar-refractivity contribution is 9.09. The number of nitrogens with one attached hydrogen (secondary N) is 1. The molecule has 1 aliphatic carbocycles. The Bertz CT molecular complexity index is 183. The first-order valence-corrected chi connectivity index (χ1v) is 5.12. The molecule has 0 aromatic carbocycles. The summed E-state index contributed by atoms with van der Waals surface area (Å²) in [6, 6.07) is 0.427. The van der Waals surface area contributed by atoms with Crippen molar-refractivity contribution < 1.29 is 4.79 Å². The molecule has 2 aliphatic rings. The molecule has 0 radical (unpaired) electrons. The monoisotopic (exact) mass is 217 g/mol. The van der Waals surface area contributed by atoms with Crippen LogP contribution in [-0.2, 0) is 4.79 Å². The predicted molar refractivity (Wildman–Crippen MR) is 46.6 cm³/mol. The van der Waals surface area contributed by atoms with Crippen molar-refractivity contribution in [1.82, 2.24) is 5.32 Å². The number of alkyl halides is 1. The molecular weight excluding hydrogens is 206 g/mol. The Morgan fingerprint density at radius 2 is 2.27 bits per heavy atom. The van der Waals surface area contributed by atoms with Gasteiger partial charge in [0.25, 0.3) is 0 Å². The molecule has 3 atom stereocenters. The Morgan fingerprint density at radius 1 is 1.45 bits per heavy atom. The van der Waals surface area contributed by atoms with Gasteiger partial charge in [-0.2, -0.15) is 0 Å². The largest absolute Gasteiger partial charge is 0.352 e. The van der Waals surface area contributed by atoms with Crippen LogP contribution in [0.3, 0.4) is 0 Å². The highest BCUT2D eigenvalue weighted by atomic mass is 79.9. The molecule has 3 heteroatoms. The second-order valence-corrected chi connectivity index (χ2v) is 4.68. The van der Waals surface area contributed by atoms with Crippen molar-refractivity contribution in [3.8, 4) is 0 Å². The van der Waals surface area contributed by atoms with Crippen LogP contribution in [0.5, 0.6) is 0 Å². The fourth-order valence-electron chi connectivity index (χ4n) is 2.15. The van der Waals surface area contributed by atoms with Crippen LogP contribution >= 0.6 is 15.9 Å². The van der Waals surface area contributed by atoms with Crippen LogP contribution < -0.4 is 5.32 Å². The third-order valence-corrected chi connectivity index (χ3v) is 3.75. The van der Waals surface area contributed by atoms with Gasteiger partial charge in [0, 0.05) is 17.3 Å². The Hall–Kier alpha value is -0.0500. The SMILES string of the molecule is O=C1C[C@@H]2CCC[C@@H](Br)[C@@H]2N1. The number of halogens is 1. The summed E-state index contributed by atoms with van der Waals surface area (Å²) in [6.45, 7) is 0. The van der Waals surface area contributed by atoms with Crippen molar-refractivity contribution in [1.29, 1.82) is 0 Å². The maximum atomic E-state index is 11.0. The van der Waals surface area contributed by atoms with E-state index in [9.17, 15) is 4.79 Å². The summed E-state index contributed by atoms with van der Waals surface area (Å²) in [5, 5.41) is 3.02. The normalized spacial score (nSPS) is 43.4. The molecule has 1 saturated carbocycles. The third-order valence-electron chi connectivity index (χ3n) is 2.73. The fourth-order valence-corrected chi connectivity index (χ4v) is 3.04. The molecule has 1 heterocycles. The minimum absolute atomic E-state index is 0.242. The lowest BCUT2D eigenvalue weighted by Gasteiger charge is -2.28. The van der Waals surface area contributed by atoms with Crippen molar-refractivity contribution in [3.63, 3.8) is 0 Å². The van der Waals surface area contributed by atoms with E-state index in [1.807, 2.05) is 0 Å². The van der Waals surface area contributed by atoms with Crippen LogP contribution in [0.2, 0.25) is 0 Å². The van der Waals surface area contributed by atoms with Crippen molar-refractivity contribution in [2.45, 2.75) is 36.6 Å². The lowest BCUT2D eigenvalue weighted by Crippen LogP contribution is -2.39. The minimum Gasteiger partial charge on any atom is -0.352 e. The molecule has 0 spiro atoms. The first-order valence-electron chi connectivity index (χ1n) is 4.21. The van der Waals surface area contributed by atoms with Crippen LogP contribution in [-0.4, -0.2) is 16.8 Å². The lowest BCUT2D eigenvalue weighted by molar-refractivity contribution is -0.119. The summed E-state index contributed by atoms with van der Waals surface area (Å²) in [7, 11) is 0. The molecule has 11 heavy (non-hydrogen) atoms. The molecule has 62 valence electrons. The Kier molecular flexibility index (Phi) is 1.91. The molecule has 0 bridgehead atoms. The Labute approximate surface area is 74.9 Å². The van der Waals surface area contributed by atoms with Gasteiger partial charge in [0.1, 0.15) is 0 Å². The zero-order valence-corrected chi connectivity index (χ0v) is 7.93. The standard InChI is InChI=1S/C8H12BrNO/c9-6-3-1-2-5-4-7(11)10-8(5)6/h5-6,8H,1-4H2,(H,10,11)/t5-,6+,8+/m0/s1. The maximum absolute atomic E-state index is 11.0. The summed E-state index contributed by atoms with van der Waals surface area (Å²) in [5.41, 5.74) is 0. The Morgan fingerprint density at radius 3 is 3.00 bits per heavy atom. The fraction of sp³-hybridized carbons (Fsp3) is 0.875. The van der Waals surface area contributed by atoms with E-state index in [1.54, 1.807) is 0 Å². The van der Waals surface area contributed by atoms with Gasteiger partial charge in [-0.05, 0) is 18.8 Å². The minimum atomic E-state index is 0.242. The van der Waals surface area contributed by atoms with Crippen molar-refractivity contribution in [3.05, 3.63) is 0 Å². The van der Waals surface area contributed by atoms with E-state index >= 15 is 0 Å². The van der Waals surface area contributed by atoms with E-state index < -0.39 is 0 Å². The quantitative estimate of drug-likeness (QED) is 0.612. The molecule has 0 aromatic rings. The van der Waals surface area contributed by atoms with Gasteiger partial charge in [-0.1, -0.05) is 22.4 Å². The first-order chi connectivity index (χ1) is 5.27. The molecule has 0 aromatic heterocycles. The smallest absolute Gasteiger partial charge is 0.220 e. The molecule has 2 fully saturated rings. The number of hydrogen-bond acceptors (Lipinski definition) is 1. The first kappa shape index (κ1) is 7.59. The van der Waals surface area contributed by atoms with Crippen molar-refractivity contribution in [2.24, 2.45) is 5.92 Å². The highest BCUT2D eigenvalue weighted by Crippen LogP contribution is 2.34. The van der Waals surface area contributed by atoms with E-state index in [2.05, 4.69) is 21.2 Å². The topological polar surface area (TPSA) is 29.1 Å². The van der Waals surface area contributed by atoms with Gasteiger partial charge in [0.15, 0.2) is 0 Å². The van der Waals surface area contributed by atoms with Crippen molar-refractivity contribution in [2.75, 3.05) is 0 Å². The van der Waals surface area contributed by atoms with Crippen LogP contribution in [0.4, 0.5) is 0 Å². The number of carbonyl (C=O) groups excluding carboxylic acids is 1. The van der Waals surface area contributed by atoms with Gasteiger partial charge in [0.2, 0.25) is 5.91 Å². The van der Waals surface area contributed by atoms with E-state index in [0.29, 0.717) is 16.8 Å². The van der Waals surface area contributed by atoms with E-state index in [1.165, 1.54) is 19.3 Å². The molecule has 1 amide bonds. The van der Waals surface area contributed by atoms with E-state index in [4.69, 9.17) is 0 Å². The lowest BCUT2D eigenvalue weighted by atomic mass is 9.85. The highest BCUT2D eigenvalue weighted by Gasteiger charge is 2.38. The van der Waals surface area contributed by atoms with Crippen LogP contribution in [0, 0.1) is 5.92 Å². The average molecular weight is 218 g/mol. The van der Waals surface area contributed by atoms with E-state index in [0.717, 1.165) is 6.42 Å². The summed E-state index contributed by atoms with van der Waals surface area (Å²) in [6.07, 6.45) is 4.46. The van der Waals surface area contributed by atoms with Crippen molar-refractivity contribution >= 4 is 21.8 Å². The second-order valence-electron chi connectivity index (χ2n) is 3.50. The average Bonchev–Trinajstić information content (AvgIpc) is 2.31. The zero-order valence-electron chi connectivity index (χ0n) is 6.35. The zero-order chi connectivity index (χ0) is 7.84. The van der Waals surface area contributed by atoms with Gasteiger partial charge < -0.3 is 5.32 Å². The summed E-state index contributed by atoms with van der Waals surface area (Å²) in [4.78, 5) is 11.5. The number of fused-ring (bicyclic) bond motifs is 1. The van der Waals surface area contributed by atoms with Gasteiger partial charge in [0.05, 0.1) is 0 Å². The molecule has 1 aliphatic heterocycles. The molecule has 1 saturated heterocycles. The van der Waals surface area contributed by atoms with Crippen LogP contribution in [0.15, 0.2) is 0 Å². The van der Waals surface area contributed by atoms with Gasteiger partial charge in [-0.3, -0.25) is 4.79 Å².